The highest BCUT2D eigenvalue weighted by atomic mass is 32.1. The average Bonchev–Trinajstić information content (AvgIpc) is 2.59. The Kier molecular flexibility index (Phi) is 4.34. The lowest BCUT2D eigenvalue weighted by molar-refractivity contribution is 0.0523. The number of thiazole rings is 1. The number of ether oxygens (including phenoxy) is 1. The lowest BCUT2D eigenvalue weighted by Gasteiger charge is -2.19. The summed E-state index contributed by atoms with van der Waals surface area (Å²) < 4.78 is 5.11. The number of carbonyl (C=O) groups is 1. The van der Waals surface area contributed by atoms with Crippen LogP contribution in [0.15, 0.2) is 5.38 Å². The molecule has 0 spiro atoms. The Balaban J connectivity index is 2.50. The van der Waals surface area contributed by atoms with Crippen LogP contribution in [0.5, 0.6) is 0 Å². The van der Waals surface area contributed by atoms with Crippen molar-refractivity contribution in [1.29, 1.82) is 0 Å². The average molecular weight is 272 g/mol. The number of amides is 1. The van der Waals surface area contributed by atoms with E-state index in [0.29, 0.717) is 12.2 Å². The van der Waals surface area contributed by atoms with Crippen LogP contribution in [0, 0.1) is 0 Å². The van der Waals surface area contributed by atoms with Crippen LogP contribution in [0.1, 0.15) is 45.3 Å². The third kappa shape index (κ3) is 5.01. The van der Waals surface area contributed by atoms with E-state index in [1.54, 1.807) is 19.2 Å². The number of carbonyl (C=O) groups excluding carboxylic acids is 1. The highest BCUT2D eigenvalue weighted by Gasteiger charge is 2.20. The Morgan fingerprint density at radius 3 is 2.50 bits per heavy atom. The quantitative estimate of drug-likeness (QED) is 0.886. The molecule has 1 aromatic rings. The van der Waals surface area contributed by atoms with Crippen LogP contribution in [0.4, 0.5) is 4.79 Å². The van der Waals surface area contributed by atoms with E-state index in [0.717, 1.165) is 5.01 Å². The second kappa shape index (κ2) is 5.24. The maximum absolute atomic E-state index is 11.4. The van der Waals surface area contributed by atoms with E-state index in [1.165, 1.54) is 11.3 Å². The smallest absolute Gasteiger partial charge is 0.408 e. The maximum atomic E-state index is 11.4. The summed E-state index contributed by atoms with van der Waals surface area (Å²) in [7, 11) is 0. The minimum atomic E-state index is -0.958. The van der Waals surface area contributed by atoms with Crippen molar-refractivity contribution >= 4 is 17.4 Å². The Labute approximate surface area is 111 Å². The zero-order valence-corrected chi connectivity index (χ0v) is 12.2. The van der Waals surface area contributed by atoms with Gasteiger partial charge in [0.05, 0.1) is 12.2 Å². The molecule has 102 valence electrons. The van der Waals surface area contributed by atoms with Crippen molar-refractivity contribution in [3.8, 4) is 0 Å². The van der Waals surface area contributed by atoms with Gasteiger partial charge in [0.1, 0.15) is 16.2 Å². The molecule has 1 heterocycles. The normalized spacial score (nSPS) is 12.3. The van der Waals surface area contributed by atoms with Gasteiger partial charge in [0, 0.05) is 5.38 Å². The number of aromatic nitrogens is 1. The molecule has 0 unspecified atom stereocenters. The standard InChI is InChI=1S/C12H20N2O3S/c1-11(2,3)17-10(15)13-6-9-14-8(7-18-9)12(4,5)16/h7,16H,6H2,1-5H3,(H,13,15). The number of hydrogen-bond donors (Lipinski definition) is 2. The van der Waals surface area contributed by atoms with Crippen LogP contribution in [-0.2, 0) is 16.9 Å². The zero-order chi connectivity index (χ0) is 14.0. The fourth-order valence-corrected chi connectivity index (χ4v) is 2.03. The lowest BCUT2D eigenvalue weighted by Crippen LogP contribution is -2.32. The lowest BCUT2D eigenvalue weighted by atomic mass is 10.1. The van der Waals surface area contributed by atoms with Gasteiger partial charge in [0.15, 0.2) is 0 Å². The van der Waals surface area contributed by atoms with Gasteiger partial charge in [-0.3, -0.25) is 0 Å². The molecular formula is C12H20N2O3S. The van der Waals surface area contributed by atoms with Crippen LogP contribution < -0.4 is 5.32 Å². The van der Waals surface area contributed by atoms with Crippen molar-refractivity contribution in [2.45, 2.75) is 52.4 Å². The van der Waals surface area contributed by atoms with E-state index < -0.39 is 17.3 Å². The Morgan fingerprint density at radius 1 is 1.44 bits per heavy atom. The number of hydrogen-bond acceptors (Lipinski definition) is 5. The highest BCUT2D eigenvalue weighted by Crippen LogP contribution is 2.21. The predicted molar refractivity (Wildman–Crippen MR) is 70.4 cm³/mol. The number of nitrogens with one attached hydrogen (secondary N) is 1. The summed E-state index contributed by atoms with van der Waals surface area (Å²) in [5, 5.41) is 14.9. The Bertz CT molecular complexity index is 416. The van der Waals surface area contributed by atoms with Crippen LogP contribution in [0.25, 0.3) is 0 Å². The molecule has 0 radical (unpaired) electrons. The maximum Gasteiger partial charge on any atom is 0.408 e. The number of alkyl carbamates (subject to hydrolysis) is 1. The van der Waals surface area contributed by atoms with Crippen LogP contribution in [-0.4, -0.2) is 21.8 Å². The third-order valence-electron chi connectivity index (χ3n) is 1.96. The Morgan fingerprint density at radius 2 is 2.06 bits per heavy atom. The molecule has 5 nitrogen and oxygen atoms in total. The molecule has 0 aliphatic carbocycles. The summed E-state index contributed by atoms with van der Waals surface area (Å²) in [6.45, 7) is 9.07. The van der Waals surface area contributed by atoms with Crippen LogP contribution in [0.2, 0.25) is 0 Å². The van der Waals surface area contributed by atoms with E-state index >= 15 is 0 Å². The zero-order valence-electron chi connectivity index (χ0n) is 11.4. The topological polar surface area (TPSA) is 71.5 Å². The molecule has 0 saturated carbocycles. The van der Waals surface area contributed by atoms with E-state index in [2.05, 4.69) is 10.3 Å². The monoisotopic (exact) mass is 272 g/mol. The minimum absolute atomic E-state index is 0.301. The molecule has 2 N–H and O–H groups in total. The molecule has 1 aromatic heterocycles. The molecule has 0 bridgehead atoms. The molecule has 6 heteroatoms. The summed E-state index contributed by atoms with van der Waals surface area (Å²) in [5.74, 6) is 0. The summed E-state index contributed by atoms with van der Waals surface area (Å²) in [4.78, 5) is 15.7. The molecule has 18 heavy (non-hydrogen) atoms. The molecule has 0 saturated heterocycles. The van der Waals surface area contributed by atoms with Gasteiger partial charge < -0.3 is 15.2 Å². The van der Waals surface area contributed by atoms with Gasteiger partial charge in [-0.15, -0.1) is 11.3 Å². The Hall–Kier alpha value is -1.14. The molecule has 1 amide bonds. The number of nitrogens with zero attached hydrogens (tertiary/aromatic N) is 1. The van der Waals surface area contributed by atoms with Crippen molar-refractivity contribution in [1.82, 2.24) is 10.3 Å². The fourth-order valence-electron chi connectivity index (χ4n) is 1.14. The number of aliphatic hydroxyl groups is 1. The summed E-state index contributed by atoms with van der Waals surface area (Å²) in [6.07, 6.45) is -0.470. The second-order valence-corrected chi connectivity index (χ2v) is 6.48. The first-order valence-electron chi connectivity index (χ1n) is 5.72. The van der Waals surface area contributed by atoms with Gasteiger partial charge >= 0.3 is 6.09 Å². The molecule has 0 aliphatic heterocycles. The summed E-state index contributed by atoms with van der Waals surface area (Å²) in [5.41, 5.74) is -0.861. The van der Waals surface area contributed by atoms with E-state index in [1.807, 2.05) is 20.8 Å². The third-order valence-corrected chi connectivity index (χ3v) is 2.81. The van der Waals surface area contributed by atoms with Gasteiger partial charge in [-0.05, 0) is 34.6 Å². The first kappa shape index (κ1) is 14.9. The predicted octanol–water partition coefficient (Wildman–Crippen LogP) is 2.40. The molecule has 1 rings (SSSR count). The van der Waals surface area contributed by atoms with E-state index in [4.69, 9.17) is 4.74 Å². The van der Waals surface area contributed by atoms with Crippen molar-refractivity contribution < 1.29 is 14.6 Å². The van der Waals surface area contributed by atoms with Gasteiger partial charge in [-0.1, -0.05) is 0 Å². The first-order chi connectivity index (χ1) is 8.08. The second-order valence-electron chi connectivity index (χ2n) is 5.54. The molecular weight excluding hydrogens is 252 g/mol. The fraction of sp³-hybridized carbons (Fsp3) is 0.667. The van der Waals surface area contributed by atoms with Gasteiger partial charge in [0.2, 0.25) is 0 Å². The molecule has 0 atom stereocenters. The van der Waals surface area contributed by atoms with Crippen molar-refractivity contribution in [2.24, 2.45) is 0 Å². The number of rotatable bonds is 3. The minimum Gasteiger partial charge on any atom is -0.444 e. The van der Waals surface area contributed by atoms with Gasteiger partial charge in [-0.2, -0.15) is 0 Å². The summed E-state index contributed by atoms with van der Waals surface area (Å²) in [6, 6.07) is 0. The van der Waals surface area contributed by atoms with Crippen LogP contribution in [0.3, 0.4) is 0 Å². The highest BCUT2D eigenvalue weighted by molar-refractivity contribution is 7.09. The van der Waals surface area contributed by atoms with Gasteiger partial charge in [-0.25, -0.2) is 9.78 Å². The molecule has 0 aromatic carbocycles. The molecule has 0 fully saturated rings. The van der Waals surface area contributed by atoms with E-state index in [-0.39, 0.29) is 0 Å². The van der Waals surface area contributed by atoms with Crippen molar-refractivity contribution in [2.75, 3.05) is 0 Å². The van der Waals surface area contributed by atoms with Crippen molar-refractivity contribution in [3.63, 3.8) is 0 Å². The first-order valence-corrected chi connectivity index (χ1v) is 6.60. The molecule has 0 aliphatic rings. The summed E-state index contributed by atoms with van der Waals surface area (Å²) >= 11 is 1.39. The SMILES string of the molecule is CC(C)(C)OC(=O)NCc1nc(C(C)(C)O)cs1. The van der Waals surface area contributed by atoms with Crippen LogP contribution >= 0.6 is 11.3 Å². The van der Waals surface area contributed by atoms with Gasteiger partial charge in [0.25, 0.3) is 0 Å². The van der Waals surface area contributed by atoms with E-state index in [9.17, 15) is 9.90 Å². The van der Waals surface area contributed by atoms with Crippen molar-refractivity contribution in [3.05, 3.63) is 16.1 Å². The largest absolute Gasteiger partial charge is 0.444 e.